The van der Waals surface area contributed by atoms with E-state index in [9.17, 15) is 10.1 Å². The monoisotopic (exact) mass is 474 g/mol. The van der Waals surface area contributed by atoms with E-state index in [-0.39, 0.29) is 16.7 Å². The maximum absolute atomic E-state index is 11.0. The van der Waals surface area contributed by atoms with Gasteiger partial charge in [-0.15, -0.1) is 0 Å². The van der Waals surface area contributed by atoms with E-state index in [4.69, 9.17) is 4.42 Å². The van der Waals surface area contributed by atoms with Gasteiger partial charge < -0.3 is 4.42 Å². The highest BCUT2D eigenvalue weighted by Crippen LogP contribution is 2.34. The third-order valence-electron chi connectivity index (χ3n) is 6.81. The Bertz CT molecular complexity index is 1700. The number of nitro groups is 1. The smallest absolute Gasteiger partial charge is 0.269 e. The number of non-ortho nitro benzene ring substituents is 1. The molecule has 6 nitrogen and oxygen atoms in total. The van der Waals surface area contributed by atoms with Gasteiger partial charge in [0.2, 0.25) is 0 Å². The van der Waals surface area contributed by atoms with Gasteiger partial charge in [0.1, 0.15) is 30.1 Å². The molecule has 6 heteroatoms. The van der Waals surface area contributed by atoms with E-state index in [1.807, 2.05) is 36.4 Å². The van der Waals surface area contributed by atoms with Crippen LogP contribution in [0.4, 0.5) is 5.69 Å². The van der Waals surface area contributed by atoms with Gasteiger partial charge in [-0.3, -0.25) is 10.1 Å². The molecule has 0 saturated carbocycles. The van der Waals surface area contributed by atoms with E-state index >= 15 is 0 Å². The molecule has 1 unspecified atom stereocenters. The van der Waals surface area contributed by atoms with Gasteiger partial charge in [0.05, 0.1) is 4.92 Å². The van der Waals surface area contributed by atoms with Crippen molar-refractivity contribution in [2.45, 2.75) is 19.5 Å². The van der Waals surface area contributed by atoms with E-state index in [2.05, 4.69) is 77.0 Å². The Morgan fingerprint density at radius 2 is 1.58 bits per heavy atom. The van der Waals surface area contributed by atoms with Crippen molar-refractivity contribution in [3.8, 4) is 0 Å². The van der Waals surface area contributed by atoms with Crippen molar-refractivity contribution < 1.29 is 13.9 Å². The second-order valence-corrected chi connectivity index (χ2v) is 8.97. The van der Waals surface area contributed by atoms with Crippen molar-refractivity contribution in [2.75, 3.05) is 0 Å². The molecule has 0 aliphatic rings. The average Bonchev–Trinajstić information content (AvgIpc) is 3.45. The largest absolute Gasteiger partial charge is 0.456 e. The van der Waals surface area contributed by atoms with E-state index in [0.717, 1.165) is 33.3 Å². The van der Waals surface area contributed by atoms with Crippen molar-refractivity contribution in [2.24, 2.45) is 0 Å². The molecule has 0 aliphatic heterocycles. The lowest BCUT2D eigenvalue weighted by Crippen LogP contribution is -2.36. The van der Waals surface area contributed by atoms with Gasteiger partial charge in [-0.05, 0) is 35.9 Å². The maximum atomic E-state index is 11.0. The van der Waals surface area contributed by atoms with Crippen LogP contribution in [-0.4, -0.2) is 9.49 Å². The number of hydrogen-bond donors (Lipinski definition) is 0. The van der Waals surface area contributed by atoms with Gasteiger partial charge in [-0.25, -0.2) is 9.13 Å². The van der Waals surface area contributed by atoms with E-state index in [1.54, 1.807) is 12.1 Å². The number of nitrogens with zero attached hydrogens (tertiary/aromatic N) is 3. The Kier molecular flexibility index (Phi) is 5.34. The Hall–Kier alpha value is -4.71. The number of fused-ring (bicyclic) bond motifs is 3. The standard InChI is InChI=1S/C30H24N3O3/c1-21-31(20-22-11-14-25(15-12-22)33(34)35)17-18-32(21)30(23-7-3-2-4-8-23)24-13-16-29-27(19-24)26-9-5-6-10-28(26)36-29/h2-19,30H,20H2,1H3/q+1. The zero-order chi connectivity index (χ0) is 24.6. The fraction of sp³-hybridized carbons (Fsp3) is 0.100. The molecule has 0 N–H and O–H groups in total. The number of furan rings is 1. The third-order valence-corrected chi connectivity index (χ3v) is 6.81. The summed E-state index contributed by atoms with van der Waals surface area (Å²) in [5, 5.41) is 13.2. The lowest BCUT2D eigenvalue weighted by Gasteiger charge is -2.17. The van der Waals surface area contributed by atoms with E-state index in [1.165, 1.54) is 11.1 Å². The summed E-state index contributed by atoms with van der Waals surface area (Å²) < 4.78 is 10.5. The molecule has 0 amide bonds. The van der Waals surface area contributed by atoms with E-state index < -0.39 is 0 Å². The summed E-state index contributed by atoms with van der Waals surface area (Å²) in [6.07, 6.45) is 4.18. The highest BCUT2D eigenvalue weighted by molar-refractivity contribution is 6.05. The van der Waals surface area contributed by atoms with Crippen LogP contribution in [0, 0.1) is 17.0 Å². The molecular weight excluding hydrogens is 450 g/mol. The molecule has 6 rings (SSSR count). The van der Waals surface area contributed by atoms with Crippen LogP contribution in [0.3, 0.4) is 0 Å². The quantitative estimate of drug-likeness (QED) is 0.156. The molecule has 2 heterocycles. The fourth-order valence-electron chi connectivity index (χ4n) is 4.94. The molecule has 0 aliphatic carbocycles. The normalized spacial score (nSPS) is 12.2. The first-order chi connectivity index (χ1) is 17.6. The highest BCUT2D eigenvalue weighted by Gasteiger charge is 2.26. The highest BCUT2D eigenvalue weighted by atomic mass is 16.6. The number of benzene rings is 4. The molecule has 0 saturated heterocycles. The zero-order valence-corrected chi connectivity index (χ0v) is 19.7. The number of hydrogen-bond acceptors (Lipinski definition) is 3. The predicted octanol–water partition coefficient (Wildman–Crippen LogP) is 6.58. The van der Waals surface area contributed by atoms with Crippen LogP contribution >= 0.6 is 0 Å². The Balaban J connectivity index is 1.43. The van der Waals surface area contributed by atoms with Crippen LogP contribution < -0.4 is 4.57 Å². The number of rotatable bonds is 6. The summed E-state index contributed by atoms with van der Waals surface area (Å²) in [7, 11) is 0. The first-order valence-electron chi connectivity index (χ1n) is 11.8. The molecule has 2 aromatic heterocycles. The minimum atomic E-state index is -0.372. The minimum Gasteiger partial charge on any atom is -0.456 e. The molecular formula is C30H24N3O3+. The van der Waals surface area contributed by atoms with Crippen LogP contribution in [0.15, 0.2) is 114 Å². The Labute approximate surface area is 207 Å². The Morgan fingerprint density at radius 3 is 2.36 bits per heavy atom. The molecule has 36 heavy (non-hydrogen) atoms. The second kappa shape index (κ2) is 8.82. The fourth-order valence-corrected chi connectivity index (χ4v) is 4.94. The van der Waals surface area contributed by atoms with Gasteiger partial charge in [0.25, 0.3) is 11.5 Å². The molecule has 0 radical (unpaired) electrons. The average molecular weight is 475 g/mol. The summed E-state index contributed by atoms with van der Waals surface area (Å²) in [5.41, 5.74) is 5.23. The SMILES string of the molecule is Cc1n(C(c2ccccc2)c2ccc3oc4ccccc4c3c2)cc[n+]1Cc1ccc([N+](=O)[O-])cc1. The van der Waals surface area contributed by atoms with Crippen molar-refractivity contribution in [1.82, 2.24) is 4.57 Å². The summed E-state index contributed by atoms with van der Waals surface area (Å²) in [5.74, 6) is 1.08. The van der Waals surface area contributed by atoms with E-state index in [0.29, 0.717) is 6.54 Å². The number of imidazole rings is 1. The molecule has 0 bridgehead atoms. The lowest BCUT2D eigenvalue weighted by atomic mass is 9.96. The second-order valence-electron chi connectivity index (χ2n) is 8.97. The first kappa shape index (κ1) is 21.8. The molecule has 0 fully saturated rings. The molecule has 0 spiro atoms. The van der Waals surface area contributed by atoms with Gasteiger partial charge in [-0.1, -0.05) is 54.6 Å². The van der Waals surface area contributed by atoms with Crippen molar-refractivity contribution in [1.29, 1.82) is 0 Å². The Morgan fingerprint density at radius 1 is 0.861 bits per heavy atom. The molecule has 1 atom stereocenters. The topological polar surface area (TPSA) is 65.1 Å². The van der Waals surface area contributed by atoms with Crippen molar-refractivity contribution in [3.63, 3.8) is 0 Å². The molecule has 6 aromatic rings. The molecule has 4 aromatic carbocycles. The van der Waals surface area contributed by atoms with Gasteiger partial charge in [0.15, 0.2) is 6.04 Å². The first-order valence-corrected chi connectivity index (χ1v) is 11.8. The van der Waals surface area contributed by atoms with Gasteiger partial charge in [-0.2, -0.15) is 0 Å². The van der Waals surface area contributed by atoms with Crippen LogP contribution in [0.5, 0.6) is 0 Å². The summed E-state index contributed by atoms with van der Waals surface area (Å²) in [6.45, 7) is 2.73. The van der Waals surface area contributed by atoms with Crippen molar-refractivity contribution >= 4 is 27.6 Å². The maximum Gasteiger partial charge on any atom is 0.269 e. The van der Waals surface area contributed by atoms with Crippen LogP contribution in [-0.2, 0) is 6.54 Å². The summed E-state index contributed by atoms with van der Waals surface area (Å²) in [4.78, 5) is 10.6. The predicted molar refractivity (Wildman–Crippen MR) is 139 cm³/mol. The summed E-state index contributed by atoms with van der Waals surface area (Å²) >= 11 is 0. The third kappa shape index (κ3) is 3.82. The zero-order valence-electron chi connectivity index (χ0n) is 19.7. The number of aromatic nitrogens is 2. The summed E-state index contributed by atoms with van der Waals surface area (Å²) in [6, 6.07) is 31.8. The van der Waals surface area contributed by atoms with Crippen molar-refractivity contribution in [3.05, 3.63) is 142 Å². The van der Waals surface area contributed by atoms with Crippen LogP contribution in [0.1, 0.15) is 28.6 Å². The molecule has 176 valence electrons. The number of nitro benzene ring substituents is 1. The van der Waals surface area contributed by atoms with Gasteiger partial charge in [0, 0.05) is 41.0 Å². The number of para-hydroxylation sites is 1. The van der Waals surface area contributed by atoms with Gasteiger partial charge >= 0.3 is 0 Å². The van der Waals surface area contributed by atoms with Crippen LogP contribution in [0.25, 0.3) is 21.9 Å². The minimum absolute atomic E-state index is 0.0256. The lowest BCUT2D eigenvalue weighted by molar-refractivity contribution is -0.694. The van der Waals surface area contributed by atoms with Crippen LogP contribution in [0.2, 0.25) is 0 Å².